The molecule has 6 nitrogen and oxygen atoms in total. The third-order valence-electron chi connectivity index (χ3n) is 2.69. The summed E-state index contributed by atoms with van der Waals surface area (Å²) in [7, 11) is 0. The van der Waals surface area contributed by atoms with Gasteiger partial charge in [-0.1, -0.05) is 5.16 Å². The lowest BCUT2D eigenvalue weighted by molar-refractivity contribution is 0.369. The molecule has 0 spiro atoms. The van der Waals surface area contributed by atoms with Crippen LogP contribution >= 0.6 is 0 Å². The second-order valence-corrected chi connectivity index (χ2v) is 4.19. The maximum absolute atomic E-state index is 5.05. The van der Waals surface area contributed by atoms with Gasteiger partial charge < -0.3 is 9.84 Å². The lowest BCUT2D eigenvalue weighted by atomic mass is 10.2. The number of aromatic nitrogens is 4. The highest BCUT2D eigenvalue weighted by Crippen LogP contribution is 2.11. The molecule has 2 rings (SSSR count). The Labute approximate surface area is 106 Å². The SMILES string of the molecule is Cc1noc(CCNC(C)c2nccnc2C)n1. The van der Waals surface area contributed by atoms with Gasteiger partial charge in [-0.05, 0) is 20.8 Å². The Morgan fingerprint density at radius 2 is 2.06 bits per heavy atom. The molecule has 1 atom stereocenters. The number of hydrogen-bond acceptors (Lipinski definition) is 6. The average Bonchev–Trinajstić information content (AvgIpc) is 2.75. The summed E-state index contributed by atoms with van der Waals surface area (Å²) in [6, 6.07) is 0.155. The van der Waals surface area contributed by atoms with E-state index in [4.69, 9.17) is 4.52 Å². The van der Waals surface area contributed by atoms with Crippen LogP contribution < -0.4 is 5.32 Å². The molecule has 6 heteroatoms. The quantitative estimate of drug-likeness (QED) is 0.860. The van der Waals surface area contributed by atoms with E-state index in [1.807, 2.05) is 13.8 Å². The summed E-state index contributed by atoms with van der Waals surface area (Å²) in [5, 5.41) is 7.12. The van der Waals surface area contributed by atoms with E-state index in [1.165, 1.54) is 0 Å². The third-order valence-corrected chi connectivity index (χ3v) is 2.69. The minimum absolute atomic E-state index is 0.155. The highest BCUT2D eigenvalue weighted by molar-refractivity contribution is 5.12. The van der Waals surface area contributed by atoms with E-state index in [-0.39, 0.29) is 6.04 Å². The highest BCUT2D eigenvalue weighted by Gasteiger charge is 2.10. The maximum atomic E-state index is 5.05. The van der Waals surface area contributed by atoms with Crippen LogP contribution in [0.2, 0.25) is 0 Å². The van der Waals surface area contributed by atoms with Crippen molar-refractivity contribution in [3.8, 4) is 0 Å². The first-order valence-electron chi connectivity index (χ1n) is 5.97. The molecule has 0 saturated carbocycles. The van der Waals surface area contributed by atoms with E-state index < -0.39 is 0 Å². The minimum Gasteiger partial charge on any atom is -0.339 e. The number of hydrogen-bond donors (Lipinski definition) is 1. The van der Waals surface area contributed by atoms with Crippen LogP contribution in [-0.4, -0.2) is 26.7 Å². The number of aryl methyl sites for hydroxylation is 2. The van der Waals surface area contributed by atoms with E-state index in [1.54, 1.807) is 12.4 Å². The Morgan fingerprint density at radius 3 is 2.72 bits per heavy atom. The van der Waals surface area contributed by atoms with Gasteiger partial charge in [-0.3, -0.25) is 9.97 Å². The van der Waals surface area contributed by atoms with Crippen molar-refractivity contribution in [3.05, 3.63) is 35.5 Å². The van der Waals surface area contributed by atoms with Crippen LogP contribution in [0.3, 0.4) is 0 Å². The fourth-order valence-electron chi connectivity index (χ4n) is 1.78. The van der Waals surface area contributed by atoms with E-state index in [0.717, 1.165) is 17.9 Å². The molecule has 0 fully saturated rings. The van der Waals surface area contributed by atoms with Crippen molar-refractivity contribution < 1.29 is 4.52 Å². The van der Waals surface area contributed by atoms with Gasteiger partial charge in [0.1, 0.15) is 0 Å². The summed E-state index contributed by atoms with van der Waals surface area (Å²) < 4.78 is 5.05. The van der Waals surface area contributed by atoms with E-state index in [2.05, 4.69) is 32.3 Å². The molecule has 0 radical (unpaired) electrons. The molecular weight excluding hydrogens is 230 g/mol. The second kappa shape index (κ2) is 5.68. The van der Waals surface area contributed by atoms with Gasteiger partial charge in [-0.2, -0.15) is 4.98 Å². The van der Waals surface area contributed by atoms with Crippen molar-refractivity contribution in [2.24, 2.45) is 0 Å². The van der Waals surface area contributed by atoms with Crippen LogP contribution in [0.25, 0.3) is 0 Å². The molecule has 2 aromatic rings. The Bertz CT molecular complexity index is 511. The molecule has 2 aromatic heterocycles. The first-order chi connectivity index (χ1) is 8.66. The molecule has 0 aliphatic rings. The first kappa shape index (κ1) is 12.6. The lowest BCUT2D eigenvalue weighted by Gasteiger charge is -2.13. The highest BCUT2D eigenvalue weighted by atomic mass is 16.5. The van der Waals surface area contributed by atoms with E-state index in [9.17, 15) is 0 Å². The van der Waals surface area contributed by atoms with Gasteiger partial charge in [0.15, 0.2) is 5.82 Å². The van der Waals surface area contributed by atoms with Crippen LogP contribution in [0.15, 0.2) is 16.9 Å². The summed E-state index contributed by atoms with van der Waals surface area (Å²) >= 11 is 0. The van der Waals surface area contributed by atoms with Crippen LogP contribution in [0, 0.1) is 13.8 Å². The standard InChI is InChI=1S/C12H17N5O/c1-8(12-9(2)14-6-7-15-12)13-5-4-11-16-10(3)17-18-11/h6-8,13H,4-5H2,1-3H3. The number of nitrogens with one attached hydrogen (secondary N) is 1. The van der Waals surface area contributed by atoms with Crippen molar-refractivity contribution in [2.75, 3.05) is 6.54 Å². The predicted octanol–water partition coefficient (Wildman–Crippen LogP) is 1.37. The largest absolute Gasteiger partial charge is 0.339 e. The molecule has 18 heavy (non-hydrogen) atoms. The first-order valence-corrected chi connectivity index (χ1v) is 5.97. The van der Waals surface area contributed by atoms with Crippen LogP contribution in [-0.2, 0) is 6.42 Å². The van der Waals surface area contributed by atoms with Crippen molar-refractivity contribution >= 4 is 0 Å². The molecular formula is C12H17N5O. The fraction of sp³-hybridized carbons (Fsp3) is 0.500. The van der Waals surface area contributed by atoms with Gasteiger partial charge >= 0.3 is 0 Å². The van der Waals surface area contributed by atoms with Crippen LogP contribution in [0.4, 0.5) is 0 Å². The summed E-state index contributed by atoms with van der Waals surface area (Å²) in [4.78, 5) is 12.7. The zero-order valence-electron chi connectivity index (χ0n) is 10.8. The van der Waals surface area contributed by atoms with Crippen LogP contribution in [0.1, 0.15) is 36.1 Å². The van der Waals surface area contributed by atoms with Gasteiger partial charge in [-0.15, -0.1) is 0 Å². The summed E-state index contributed by atoms with van der Waals surface area (Å²) in [6.07, 6.45) is 4.12. The van der Waals surface area contributed by atoms with E-state index in [0.29, 0.717) is 18.1 Å². The molecule has 1 unspecified atom stereocenters. The minimum atomic E-state index is 0.155. The predicted molar refractivity (Wildman–Crippen MR) is 65.9 cm³/mol. The molecule has 96 valence electrons. The second-order valence-electron chi connectivity index (χ2n) is 4.19. The molecule has 0 saturated heterocycles. The molecule has 0 amide bonds. The van der Waals surface area contributed by atoms with Gasteiger partial charge in [0.05, 0.1) is 11.4 Å². The van der Waals surface area contributed by atoms with Crippen molar-refractivity contribution in [2.45, 2.75) is 33.2 Å². The Hall–Kier alpha value is -1.82. The molecule has 0 bridgehead atoms. The Morgan fingerprint density at radius 1 is 1.28 bits per heavy atom. The molecule has 0 aliphatic heterocycles. The van der Waals surface area contributed by atoms with Crippen molar-refractivity contribution in [1.29, 1.82) is 0 Å². The third kappa shape index (κ3) is 3.10. The molecule has 0 aromatic carbocycles. The molecule has 1 N–H and O–H groups in total. The van der Waals surface area contributed by atoms with Gasteiger partial charge in [0, 0.05) is 31.4 Å². The van der Waals surface area contributed by atoms with E-state index >= 15 is 0 Å². The van der Waals surface area contributed by atoms with Gasteiger partial charge in [-0.25, -0.2) is 0 Å². The van der Waals surface area contributed by atoms with Crippen molar-refractivity contribution in [3.63, 3.8) is 0 Å². The molecule has 0 aliphatic carbocycles. The normalized spacial score (nSPS) is 12.6. The van der Waals surface area contributed by atoms with Crippen LogP contribution in [0.5, 0.6) is 0 Å². The average molecular weight is 247 g/mol. The fourth-order valence-corrected chi connectivity index (χ4v) is 1.78. The van der Waals surface area contributed by atoms with Gasteiger partial charge in [0.25, 0.3) is 0 Å². The summed E-state index contributed by atoms with van der Waals surface area (Å²) in [5.74, 6) is 1.32. The Balaban J connectivity index is 1.85. The number of nitrogens with zero attached hydrogens (tertiary/aromatic N) is 4. The molecule has 2 heterocycles. The topological polar surface area (TPSA) is 76.7 Å². The zero-order valence-corrected chi connectivity index (χ0v) is 10.8. The summed E-state index contributed by atoms with van der Waals surface area (Å²) in [5.41, 5.74) is 1.92. The Kier molecular flexibility index (Phi) is 3.99. The van der Waals surface area contributed by atoms with Crippen molar-refractivity contribution in [1.82, 2.24) is 25.4 Å². The van der Waals surface area contributed by atoms with Gasteiger partial charge in [0.2, 0.25) is 5.89 Å². The maximum Gasteiger partial charge on any atom is 0.227 e. The summed E-state index contributed by atoms with van der Waals surface area (Å²) in [6.45, 7) is 6.60. The monoisotopic (exact) mass is 247 g/mol. The smallest absolute Gasteiger partial charge is 0.227 e. The zero-order chi connectivity index (χ0) is 13.0. The number of rotatable bonds is 5. The lowest BCUT2D eigenvalue weighted by Crippen LogP contribution is -2.23.